The lowest BCUT2D eigenvalue weighted by atomic mass is 10.2. The fraction of sp³-hybridized carbons (Fsp3) is 0.182. The minimum Gasteiger partial charge on any atom is -0.346 e. The summed E-state index contributed by atoms with van der Waals surface area (Å²) in [5.41, 5.74) is 6.48. The number of carbonyl (C=O) groups excluding carboxylic acids is 1. The van der Waals surface area contributed by atoms with E-state index in [9.17, 15) is 4.79 Å². The van der Waals surface area contributed by atoms with Crippen LogP contribution < -0.4 is 11.1 Å². The molecule has 0 unspecified atom stereocenters. The molecule has 18 heavy (non-hydrogen) atoms. The topological polar surface area (TPSA) is 96.7 Å². The molecule has 0 aliphatic rings. The monoisotopic (exact) mass is 261 g/mol. The first-order chi connectivity index (χ1) is 8.81. The van der Waals surface area contributed by atoms with E-state index in [0.29, 0.717) is 13.1 Å². The van der Waals surface area contributed by atoms with Gasteiger partial charge in [0, 0.05) is 10.4 Å². The molecule has 2 aromatic rings. The Morgan fingerprint density at radius 2 is 2.50 bits per heavy atom. The number of nitrogens with two attached hydrogens (primary N) is 1. The number of nitrogens with zero attached hydrogens (tertiary/aromatic N) is 2. The predicted octanol–water partition coefficient (Wildman–Crippen LogP) is 0.106. The Hall–Kier alpha value is -2.17. The lowest BCUT2D eigenvalue weighted by molar-refractivity contribution is 0.0946. The van der Waals surface area contributed by atoms with Crippen LogP contribution in [0.5, 0.6) is 0 Å². The number of rotatable bonds is 3. The van der Waals surface area contributed by atoms with Crippen LogP contribution in [0.25, 0.3) is 0 Å². The zero-order chi connectivity index (χ0) is 12.8. The first-order valence-corrected chi connectivity index (χ1v) is 6.08. The van der Waals surface area contributed by atoms with Crippen LogP contribution in [-0.2, 0) is 6.54 Å². The van der Waals surface area contributed by atoms with E-state index >= 15 is 0 Å². The van der Waals surface area contributed by atoms with Crippen molar-refractivity contribution in [3.8, 4) is 11.8 Å². The van der Waals surface area contributed by atoms with Crippen molar-refractivity contribution in [1.29, 1.82) is 0 Å². The Morgan fingerprint density at radius 1 is 1.61 bits per heavy atom. The van der Waals surface area contributed by atoms with Crippen LogP contribution in [-0.4, -0.2) is 27.9 Å². The maximum Gasteiger partial charge on any atom is 0.273 e. The van der Waals surface area contributed by atoms with E-state index in [2.05, 4.69) is 32.6 Å². The fourth-order valence-electron chi connectivity index (χ4n) is 1.30. The van der Waals surface area contributed by atoms with Gasteiger partial charge in [-0.1, -0.05) is 11.8 Å². The molecule has 4 N–H and O–H groups in total. The molecule has 2 aromatic heterocycles. The number of hydrogen-bond donors (Lipinski definition) is 3. The van der Waals surface area contributed by atoms with Crippen molar-refractivity contribution in [2.24, 2.45) is 5.73 Å². The van der Waals surface area contributed by atoms with E-state index in [1.54, 1.807) is 0 Å². The average Bonchev–Trinajstić information content (AvgIpc) is 3.04. The van der Waals surface area contributed by atoms with Crippen molar-refractivity contribution in [3.63, 3.8) is 0 Å². The average molecular weight is 261 g/mol. The van der Waals surface area contributed by atoms with E-state index in [-0.39, 0.29) is 11.6 Å². The van der Waals surface area contributed by atoms with Gasteiger partial charge in [-0.05, 0) is 11.4 Å². The summed E-state index contributed by atoms with van der Waals surface area (Å²) in [6.45, 7) is 0.735. The predicted molar refractivity (Wildman–Crippen MR) is 67.8 cm³/mol. The number of H-pyrrole nitrogens is 1. The minimum absolute atomic E-state index is 0.265. The van der Waals surface area contributed by atoms with Gasteiger partial charge in [0.05, 0.1) is 19.3 Å². The minimum atomic E-state index is -0.269. The Morgan fingerprint density at radius 3 is 3.22 bits per heavy atom. The summed E-state index contributed by atoms with van der Waals surface area (Å²) in [5, 5.41) is 14.3. The zero-order valence-electron chi connectivity index (χ0n) is 9.43. The third-order valence-electron chi connectivity index (χ3n) is 2.13. The van der Waals surface area contributed by atoms with Crippen molar-refractivity contribution < 1.29 is 4.79 Å². The second kappa shape index (κ2) is 5.95. The van der Waals surface area contributed by atoms with E-state index in [4.69, 9.17) is 5.73 Å². The van der Waals surface area contributed by atoms with E-state index in [1.807, 2.05) is 11.4 Å². The lowest BCUT2D eigenvalue weighted by Gasteiger charge is -2.01. The Kier molecular flexibility index (Phi) is 4.06. The lowest BCUT2D eigenvalue weighted by Crippen LogP contribution is -2.23. The Labute approximate surface area is 108 Å². The van der Waals surface area contributed by atoms with Gasteiger partial charge >= 0.3 is 0 Å². The Bertz CT molecular complexity index is 578. The molecule has 6 nitrogen and oxygen atoms in total. The van der Waals surface area contributed by atoms with Crippen molar-refractivity contribution >= 4 is 17.2 Å². The summed E-state index contributed by atoms with van der Waals surface area (Å²) >= 11 is 1.54. The van der Waals surface area contributed by atoms with Crippen LogP contribution >= 0.6 is 11.3 Å². The van der Waals surface area contributed by atoms with Gasteiger partial charge in [-0.15, -0.1) is 11.3 Å². The molecule has 7 heteroatoms. The molecule has 0 radical (unpaired) electrons. The third-order valence-corrected chi connectivity index (χ3v) is 3.05. The quantitative estimate of drug-likeness (QED) is 0.683. The van der Waals surface area contributed by atoms with Crippen LogP contribution in [0.3, 0.4) is 0 Å². The maximum absolute atomic E-state index is 11.6. The van der Waals surface area contributed by atoms with Crippen molar-refractivity contribution in [1.82, 2.24) is 20.7 Å². The zero-order valence-corrected chi connectivity index (χ0v) is 10.3. The summed E-state index contributed by atoms with van der Waals surface area (Å²) in [7, 11) is 0. The van der Waals surface area contributed by atoms with Crippen LogP contribution in [0.4, 0.5) is 0 Å². The molecule has 1 amide bonds. The molecule has 2 rings (SSSR count). The standard InChI is InChI=1S/C11H11N5OS/c12-4-1-2-8-3-5-18-10(8)7-13-11(17)9-6-14-16-15-9/h3,5-6H,4,7,12H2,(H,13,17)(H,14,15,16). The first-order valence-electron chi connectivity index (χ1n) is 5.20. The second-order valence-corrected chi connectivity index (χ2v) is 4.30. The molecular formula is C11H11N5OS. The number of nitrogens with one attached hydrogen (secondary N) is 2. The number of hydrogen-bond acceptors (Lipinski definition) is 5. The highest BCUT2D eigenvalue weighted by molar-refractivity contribution is 7.10. The van der Waals surface area contributed by atoms with Crippen LogP contribution in [0.15, 0.2) is 17.6 Å². The van der Waals surface area contributed by atoms with Gasteiger partial charge in [0.2, 0.25) is 0 Å². The SMILES string of the molecule is NCC#Cc1ccsc1CNC(=O)c1cn[nH]n1. The summed E-state index contributed by atoms with van der Waals surface area (Å²) in [5.74, 6) is 5.48. The molecule has 0 saturated carbocycles. The van der Waals surface area contributed by atoms with Gasteiger partial charge < -0.3 is 11.1 Å². The normalized spacial score (nSPS) is 9.61. The molecule has 0 bridgehead atoms. The molecule has 0 aliphatic carbocycles. The van der Waals surface area contributed by atoms with Crippen molar-refractivity contribution in [2.75, 3.05) is 6.54 Å². The molecule has 0 atom stereocenters. The highest BCUT2D eigenvalue weighted by Gasteiger charge is 2.09. The molecule has 2 heterocycles. The van der Waals surface area contributed by atoms with Crippen LogP contribution in [0.1, 0.15) is 20.9 Å². The van der Waals surface area contributed by atoms with Gasteiger partial charge in [-0.3, -0.25) is 4.79 Å². The fourth-order valence-corrected chi connectivity index (χ4v) is 2.07. The van der Waals surface area contributed by atoms with Gasteiger partial charge in [0.15, 0.2) is 5.69 Å². The number of thiophene rings is 1. The molecule has 0 aromatic carbocycles. The molecule has 0 spiro atoms. The van der Waals surface area contributed by atoms with Crippen molar-refractivity contribution in [2.45, 2.75) is 6.54 Å². The molecule has 0 fully saturated rings. The van der Waals surface area contributed by atoms with Crippen LogP contribution in [0, 0.1) is 11.8 Å². The molecular weight excluding hydrogens is 250 g/mol. The van der Waals surface area contributed by atoms with E-state index in [0.717, 1.165) is 10.4 Å². The number of carbonyl (C=O) groups is 1. The van der Waals surface area contributed by atoms with Gasteiger partial charge in [0.1, 0.15) is 0 Å². The maximum atomic E-state index is 11.6. The van der Waals surface area contributed by atoms with Crippen molar-refractivity contribution in [3.05, 3.63) is 33.8 Å². The largest absolute Gasteiger partial charge is 0.346 e. The Balaban J connectivity index is 1.98. The molecule has 92 valence electrons. The highest BCUT2D eigenvalue weighted by atomic mass is 32.1. The molecule has 0 aliphatic heterocycles. The third kappa shape index (κ3) is 2.94. The smallest absolute Gasteiger partial charge is 0.273 e. The van der Waals surface area contributed by atoms with Gasteiger partial charge in [0.25, 0.3) is 5.91 Å². The highest BCUT2D eigenvalue weighted by Crippen LogP contribution is 2.15. The van der Waals surface area contributed by atoms with E-state index in [1.165, 1.54) is 17.5 Å². The van der Waals surface area contributed by atoms with Crippen LogP contribution in [0.2, 0.25) is 0 Å². The van der Waals surface area contributed by atoms with Gasteiger partial charge in [-0.2, -0.15) is 15.4 Å². The van der Waals surface area contributed by atoms with Gasteiger partial charge in [-0.25, -0.2) is 0 Å². The summed E-state index contributed by atoms with van der Waals surface area (Å²) in [6, 6.07) is 1.91. The number of aromatic nitrogens is 3. The van der Waals surface area contributed by atoms with E-state index < -0.39 is 0 Å². The summed E-state index contributed by atoms with van der Waals surface area (Å²) < 4.78 is 0. The summed E-state index contributed by atoms with van der Waals surface area (Å²) in [6.07, 6.45) is 1.37. The first kappa shape index (κ1) is 12.3. The number of aromatic amines is 1. The molecule has 0 saturated heterocycles. The summed E-state index contributed by atoms with van der Waals surface area (Å²) in [4.78, 5) is 12.6. The second-order valence-electron chi connectivity index (χ2n) is 3.30. The number of amides is 1.